The number of methoxy groups -OCH3 is 1. The van der Waals surface area contributed by atoms with E-state index < -0.39 is 21.7 Å². The summed E-state index contributed by atoms with van der Waals surface area (Å²) in [7, 11) is -2.73. The molecule has 0 aliphatic carbocycles. The fraction of sp³-hybridized carbons (Fsp3) is 0.125. The third-order valence-electron chi connectivity index (χ3n) is 3.54. The van der Waals surface area contributed by atoms with E-state index in [2.05, 4.69) is 9.46 Å². The van der Waals surface area contributed by atoms with Crippen LogP contribution in [-0.4, -0.2) is 26.1 Å². The molecule has 2 aromatic carbocycles. The van der Waals surface area contributed by atoms with Crippen LogP contribution >= 0.6 is 11.6 Å². The summed E-state index contributed by atoms with van der Waals surface area (Å²) in [6, 6.07) is 10.1. The molecule has 0 atom stereocenters. The van der Waals surface area contributed by atoms with Crippen LogP contribution in [0.4, 0.5) is 5.69 Å². The molecule has 0 unspecified atom stereocenters. The summed E-state index contributed by atoms with van der Waals surface area (Å²) >= 11 is 5.85. The average molecular weight is 397 g/mol. The Hall–Kier alpha value is -2.78. The predicted molar refractivity (Wildman–Crippen MR) is 94.8 cm³/mol. The molecule has 1 heterocycles. The molecule has 0 saturated heterocycles. The SMILES string of the molecule is COC(=O)Cn1c(=O)oc2cc(S(=O)(=O)Nc3cccc(Cl)c3)ccc21. The smallest absolute Gasteiger partial charge is 0.420 e. The highest BCUT2D eigenvalue weighted by Crippen LogP contribution is 2.22. The molecule has 0 amide bonds. The Bertz CT molecular complexity index is 1150. The molecule has 0 aliphatic rings. The number of ether oxygens (including phenoxy) is 1. The first-order valence-corrected chi connectivity index (χ1v) is 9.15. The number of fused-ring (bicyclic) bond motifs is 1. The van der Waals surface area contributed by atoms with Crippen molar-refractivity contribution >= 4 is 44.4 Å². The minimum atomic E-state index is -3.92. The number of halogens is 1. The number of benzene rings is 2. The molecule has 136 valence electrons. The van der Waals surface area contributed by atoms with Crippen molar-refractivity contribution in [1.29, 1.82) is 0 Å². The van der Waals surface area contributed by atoms with E-state index in [0.29, 0.717) is 10.7 Å². The highest BCUT2D eigenvalue weighted by Gasteiger charge is 2.19. The van der Waals surface area contributed by atoms with Crippen LogP contribution in [0.1, 0.15) is 0 Å². The summed E-state index contributed by atoms with van der Waals surface area (Å²) in [6.07, 6.45) is 0. The number of nitrogens with one attached hydrogen (secondary N) is 1. The summed E-state index contributed by atoms with van der Waals surface area (Å²) < 4.78 is 38.0. The molecule has 0 aliphatic heterocycles. The standard InChI is InChI=1S/C16H13ClN2O6S/c1-24-15(20)9-19-13-6-5-12(8-14(13)25-16(19)21)26(22,23)18-11-4-2-3-10(17)7-11/h2-8,18H,9H2,1H3. The van der Waals surface area contributed by atoms with E-state index in [1.807, 2.05) is 0 Å². The number of carbonyl (C=O) groups is 1. The maximum Gasteiger partial charge on any atom is 0.420 e. The van der Waals surface area contributed by atoms with Gasteiger partial charge in [-0.15, -0.1) is 0 Å². The summed E-state index contributed by atoms with van der Waals surface area (Å²) in [5.74, 6) is -1.42. The molecule has 3 rings (SSSR count). The molecular weight excluding hydrogens is 384 g/mol. The lowest BCUT2D eigenvalue weighted by Crippen LogP contribution is -2.20. The Morgan fingerprint density at radius 3 is 2.73 bits per heavy atom. The van der Waals surface area contributed by atoms with Crippen molar-refractivity contribution in [2.75, 3.05) is 11.8 Å². The van der Waals surface area contributed by atoms with Crippen molar-refractivity contribution < 1.29 is 22.4 Å². The minimum absolute atomic E-state index is 0.0351. The molecule has 26 heavy (non-hydrogen) atoms. The number of oxazole rings is 1. The van der Waals surface area contributed by atoms with Gasteiger partial charge in [0.15, 0.2) is 5.58 Å². The number of sulfonamides is 1. The van der Waals surface area contributed by atoms with Crippen LogP contribution in [-0.2, 0) is 26.1 Å². The quantitative estimate of drug-likeness (QED) is 0.662. The van der Waals surface area contributed by atoms with Gasteiger partial charge in [-0.1, -0.05) is 17.7 Å². The van der Waals surface area contributed by atoms with E-state index in [-0.39, 0.29) is 22.5 Å². The number of hydrogen-bond donors (Lipinski definition) is 1. The van der Waals surface area contributed by atoms with Crippen molar-refractivity contribution in [2.45, 2.75) is 11.4 Å². The Labute approximate surface area is 153 Å². The first kappa shape index (κ1) is 18.0. The maximum absolute atomic E-state index is 12.5. The Balaban J connectivity index is 1.98. The van der Waals surface area contributed by atoms with Crippen molar-refractivity contribution in [3.05, 3.63) is 58.0 Å². The summed E-state index contributed by atoms with van der Waals surface area (Å²) in [4.78, 5) is 23.2. The molecule has 0 bridgehead atoms. The van der Waals surface area contributed by atoms with Gasteiger partial charge in [0.05, 0.1) is 23.2 Å². The fourth-order valence-electron chi connectivity index (χ4n) is 2.32. The van der Waals surface area contributed by atoms with Gasteiger partial charge in [0.2, 0.25) is 0 Å². The number of hydrogen-bond acceptors (Lipinski definition) is 6. The van der Waals surface area contributed by atoms with Crippen molar-refractivity contribution in [3.8, 4) is 0 Å². The van der Waals surface area contributed by atoms with Crippen molar-refractivity contribution in [3.63, 3.8) is 0 Å². The second-order valence-electron chi connectivity index (χ2n) is 5.28. The maximum atomic E-state index is 12.5. The number of esters is 1. The summed E-state index contributed by atoms with van der Waals surface area (Å²) in [5, 5.41) is 0.381. The molecule has 8 nitrogen and oxygen atoms in total. The Morgan fingerprint density at radius 2 is 2.04 bits per heavy atom. The zero-order valence-corrected chi connectivity index (χ0v) is 15.0. The molecule has 0 saturated carbocycles. The van der Waals surface area contributed by atoms with Gasteiger partial charge in [-0.2, -0.15) is 0 Å². The molecule has 1 aromatic heterocycles. The van der Waals surface area contributed by atoms with E-state index in [1.165, 1.54) is 31.4 Å². The Kier molecular flexibility index (Phi) is 4.75. The number of anilines is 1. The monoisotopic (exact) mass is 396 g/mol. The molecule has 1 N–H and O–H groups in total. The van der Waals surface area contributed by atoms with E-state index in [1.54, 1.807) is 18.2 Å². The molecule has 10 heteroatoms. The van der Waals surface area contributed by atoms with Gasteiger partial charge in [-0.05, 0) is 30.3 Å². The third-order valence-corrected chi connectivity index (χ3v) is 5.16. The second-order valence-corrected chi connectivity index (χ2v) is 7.39. The first-order valence-electron chi connectivity index (χ1n) is 7.29. The zero-order valence-electron chi connectivity index (χ0n) is 13.4. The highest BCUT2D eigenvalue weighted by molar-refractivity contribution is 7.92. The number of aromatic nitrogens is 1. The second kappa shape index (κ2) is 6.85. The number of carbonyl (C=O) groups excluding carboxylic acids is 1. The van der Waals surface area contributed by atoms with Crippen LogP contribution in [0, 0.1) is 0 Å². The van der Waals surface area contributed by atoms with Gasteiger partial charge in [0.1, 0.15) is 6.54 Å². The van der Waals surface area contributed by atoms with Crippen LogP contribution in [0.25, 0.3) is 11.1 Å². The Morgan fingerprint density at radius 1 is 1.27 bits per heavy atom. The topological polar surface area (TPSA) is 108 Å². The van der Waals surface area contributed by atoms with E-state index in [4.69, 9.17) is 16.0 Å². The number of rotatable bonds is 5. The normalized spacial score (nSPS) is 11.5. The fourth-order valence-corrected chi connectivity index (χ4v) is 3.58. The average Bonchev–Trinajstić information content (AvgIpc) is 2.89. The van der Waals surface area contributed by atoms with Gasteiger partial charge in [-0.3, -0.25) is 14.1 Å². The van der Waals surface area contributed by atoms with Gasteiger partial charge in [-0.25, -0.2) is 13.2 Å². The molecular formula is C16H13ClN2O6S. The van der Waals surface area contributed by atoms with Gasteiger partial charge in [0.25, 0.3) is 10.0 Å². The zero-order chi connectivity index (χ0) is 18.9. The lowest BCUT2D eigenvalue weighted by atomic mass is 10.3. The third kappa shape index (κ3) is 3.58. The van der Waals surface area contributed by atoms with Gasteiger partial charge < -0.3 is 9.15 Å². The lowest BCUT2D eigenvalue weighted by molar-refractivity contribution is -0.141. The van der Waals surface area contributed by atoms with Crippen molar-refractivity contribution in [1.82, 2.24) is 4.57 Å². The van der Waals surface area contributed by atoms with Crippen LogP contribution in [0.15, 0.2) is 56.6 Å². The predicted octanol–water partition coefficient (Wildman–Crippen LogP) is 2.22. The van der Waals surface area contributed by atoms with E-state index in [9.17, 15) is 18.0 Å². The molecule has 3 aromatic rings. The van der Waals surface area contributed by atoms with Crippen LogP contribution in [0.5, 0.6) is 0 Å². The lowest BCUT2D eigenvalue weighted by Gasteiger charge is -2.08. The van der Waals surface area contributed by atoms with E-state index >= 15 is 0 Å². The summed E-state index contributed by atoms with van der Waals surface area (Å²) in [6.45, 7) is -0.338. The van der Waals surface area contributed by atoms with Gasteiger partial charge in [0, 0.05) is 11.1 Å². The van der Waals surface area contributed by atoms with Crippen LogP contribution < -0.4 is 10.5 Å². The summed E-state index contributed by atoms with van der Waals surface area (Å²) in [5.41, 5.74) is 0.609. The minimum Gasteiger partial charge on any atom is -0.468 e. The molecule has 0 radical (unpaired) electrons. The van der Waals surface area contributed by atoms with Gasteiger partial charge >= 0.3 is 11.7 Å². The van der Waals surface area contributed by atoms with E-state index in [0.717, 1.165) is 4.57 Å². The largest absolute Gasteiger partial charge is 0.468 e. The first-order chi connectivity index (χ1) is 12.3. The highest BCUT2D eigenvalue weighted by atomic mass is 35.5. The van der Waals surface area contributed by atoms with Crippen LogP contribution in [0.2, 0.25) is 5.02 Å². The number of nitrogens with zero attached hydrogens (tertiary/aromatic N) is 1. The van der Waals surface area contributed by atoms with Crippen LogP contribution in [0.3, 0.4) is 0 Å². The van der Waals surface area contributed by atoms with Crippen molar-refractivity contribution in [2.24, 2.45) is 0 Å². The molecule has 0 fully saturated rings. The molecule has 0 spiro atoms.